The van der Waals surface area contributed by atoms with Gasteiger partial charge in [-0.1, -0.05) is 0 Å². The first-order chi connectivity index (χ1) is 7.08. The van der Waals surface area contributed by atoms with Crippen molar-refractivity contribution in [1.82, 2.24) is 0 Å². The molecule has 0 aromatic heterocycles. The molecule has 1 atom stereocenters. The van der Waals surface area contributed by atoms with Gasteiger partial charge in [-0.15, -0.1) is 0 Å². The molecular formula is C12H22O2Sn. The van der Waals surface area contributed by atoms with Crippen molar-refractivity contribution in [3.8, 4) is 9.86 Å². The Kier molecular flexibility index (Phi) is 6.03. The second kappa shape index (κ2) is 6.77. The van der Waals surface area contributed by atoms with Gasteiger partial charge < -0.3 is 0 Å². The van der Waals surface area contributed by atoms with Crippen LogP contribution in [0.2, 0.25) is 14.8 Å². The van der Waals surface area contributed by atoms with Gasteiger partial charge in [-0.2, -0.15) is 0 Å². The van der Waals surface area contributed by atoms with Crippen LogP contribution in [-0.4, -0.2) is 37.9 Å². The molecule has 0 radical (unpaired) electrons. The molecule has 3 heteroatoms. The van der Waals surface area contributed by atoms with Gasteiger partial charge in [0.1, 0.15) is 0 Å². The summed E-state index contributed by atoms with van der Waals surface area (Å²) in [7, 11) is 0. The minimum atomic E-state index is -1.86. The molecule has 1 fully saturated rings. The van der Waals surface area contributed by atoms with E-state index in [0.29, 0.717) is 0 Å². The first-order valence-corrected chi connectivity index (χ1v) is 15.8. The van der Waals surface area contributed by atoms with Gasteiger partial charge in [0, 0.05) is 0 Å². The van der Waals surface area contributed by atoms with Gasteiger partial charge in [0.25, 0.3) is 0 Å². The predicted octanol–water partition coefficient (Wildman–Crippen LogP) is 2.80. The zero-order valence-electron chi connectivity index (χ0n) is 10.1. The molecule has 0 aromatic carbocycles. The minimum absolute atomic E-state index is 0.0405. The molecular weight excluding hydrogens is 295 g/mol. The Morgan fingerprint density at radius 3 is 2.73 bits per heavy atom. The zero-order valence-corrected chi connectivity index (χ0v) is 13.0. The van der Waals surface area contributed by atoms with Crippen molar-refractivity contribution in [2.45, 2.75) is 46.8 Å². The SMILES string of the molecule is [CH3][Sn]([CH3])([CH3])[C]#CCCOC1CCCCO1. The summed E-state index contributed by atoms with van der Waals surface area (Å²) in [5.74, 6) is 3.23. The molecule has 15 heavy (non-hydrogen) atoms. The van der Waals surface area contributed by atoms with E-state index in [0.717, 1.165) is 26.1 Å². The summed E-state index contributed by atoms with van der Waals surface area (Å²) in [6.45, 7) is 1.58. The molecule has 1 rings (SSSR count). The van der Waals surface area contributed by atoms with E-state index in [1.807, 2.05) is 0 Å². The summed E-state index contributed by atoms with van der Waals surface area (Å²) < 4.78 is 14.5. The molecule has 0 amide bonds. The number of rotatable bonds is 3. The van der Waals surface area contributed by atoms with Gasteiger partial charge in [-0.3, -0.25) is 0 Å². The first-order valence-electron chi connectivity index (χ1n) is 5.81. The number of hydrogen-bond acceptors (Lipinski definition) is 2. The van der Waals surface area contributed by atoms with E-state index in [-0.39, 0.29) is 6.29 Å². The molecule has 0 aliphatic carbocycles. The van der Waals surface area contributed by atoms with Crippen LogP contribution in [0.3, 0.4) is 0 Å². The van der Waals surface area contributed by atoms with Crippen LogP contribution < -0.4 is 0 Å². The van der Waals surface area contributed by atoms with Crippen LogP contribution in [0.4, 0.5) is 0 Å². The van der Waals surface area contributed by atoms with Crippen molar-refractivity contribution >= 4 is 18.4 Å². The molecule has 0 bridgehead atoms. The van der Waals surface area contributed by atoms with E-state index in [2.05, 4.69) is 24.7 Å². The van der Waals surface area contributed by atoms with Crippen LogP contribution >= 0.6 is 0 Å². The Morgan fingerprint density at radius 1 is 1.33 bits per heavy atom. The summed E-state index contributed by atoms with van der Waals surface area (Å²) >= 11 is -1.86. The van der Waals surface area contributed by atoms with Crippen LogP contribution in [0.15, 0.2) is 0 Å². The van der Waals surface area contributed by atoms with Gasteiger partial charge in [0.2, 0.25) is 0 Å². The van der Waals surface area contributed by atoms with E-state index in [1.165, 1.54) is 12.8 Å². The molecule has 86 valence electrons. The molecule has 1 aliphatic rings. The average Bonchev–Trinajstić information content (AvgIpc) is 2.17. The third-order valence-corrected chi connectivity index (χ3v) is 4.78. The third-order valence-electron chi connectivity index (χ3n) is 2.13. The first kappa shape index (κ1) is 13.3. The van der Waals surface area contributed by atoms with Crippen molar-refractivity contribution in [2.24, 2.45) is 0 Å². The van der Waals surface area contributed by atoms with Crippen LogP contribution in [0.25, 0.3) is 0 Å². The summed E-state index contributed by atoms with van der Waals surface area (Å²) in [5, 5.41) is 0. The molecule has 1 saturated heterocycles. The van der Waals surface area contributed by atoms with Gasteiger partial charge in [-0.05, 0) is 0 Å². The summed E-state index contributed by atoms with van der Waals surface area (Å²) in [5.41, 5.74) is 0. The van der Waals surface area contributed by atoms with E-state index < -0.39 is 18.4 Å². The Balaban J connectivity index is 2.07. The van der Waals surface area contributed by atoms with Crippen molar-refractivity contribution in [3.63, 3.8) is 0 Å². The monoisotopic (exact) mass is 318 g/mol. The quantitative estimate of drug-likeness (QED) is 0.453. The Hall–Kier alpha value is 0.279. The summed E-state index contributed by atoms with van der Waals surface area (Å²) in [6.07, 6.45) is 4.35. The molecule has 1 aliphatic heterocycles. The molecule has 1 unspecified atom stereocenters. The molecule has 1 heterocycles. The van der Waals surface area contributed by atoms with Gasteiger partial charge in [-0.25, -0.2) is 0 Å². The third kappa shape index (κ3) is 7.21. The van der Waals surface area contributed by atoms with Crippen molar-refractivity contribution in [2.75, 3.05) is 13.2 Å². The Bertz CT molecular complexity index is 228. The second-order valence-electron chi connectivity index (χ2n) is 4.97. The normalized spacial score (nSPS) is 21.9. The number of hydrogen-bond donors (Lipinski definition) is 0. The van der Waals surface area contributed by atoms with E-state index in [9.17, 15) is 0 Å². The number of ether oxygens (including phenoxy) is 2. The zero-order chi connectivity index (χ0) is 11.1. The van der Waals surface area contributed by atoms with Gasteiger partial charge in [0.15, 0.2) is 0 Å². The summed E-state index contributed by atoms with van der Waals surface area (Å²) in [6, 6.07) is 0. The van der Waals surface area contributed by atoms with Crippen molar-refractivity contribution < 1.29 is 9.47 Å². The molecule has 0 aromatic rings. The maximum atomic E-state index is 5.60. The van der Waals surface area contributed by atoms with Crippen LogP contribution in [0.5, 0.6) is 0 Å². The molecule has 0 saturated carbocycles. The van der Waals surface area contributed by atoms with E-state index in [4.69, 9.17) is 9.47 Å². The molecule has 0 spiro atoms. The maximum absolute atomic E-state index is 5.60. The van der Waals surface area contributed by atoms with Crippen LogP contribution in [0, 0.1) is 9.86 Å². The fourth-order valence-corrected chi connectivity index (χ4v) is 3.28. The average molecular weight is 317 g/mol. The van der Waals surface area contributed by atoms with Gasteiger partial charge in [0.05, 0.1) is 0 Å². The van der Waals surface area contributed by atoms with E-state index >= 15 is 0 Å². The van der Waals surface area contributed by atoms with Crippen molar-refractivity contribution in [3.05, 3.63) is 0 Å². The molecule has 2 nitrogen and oxygen atoms in total. The van der Waals surface area contributed by atoms with Crippen LogP contribution in [0.1, 0.15) is 25.7 Å². The predicted molar refractivity (Wildman–Crippen MR) is 65.3 cm³/mol. The standard InChI is InChI=1S/C9H13O2.3CH3.Sn/c1-2-3-7-10-9-6-4-5-8-11-9;;;;/h9H,3-8H2;3*1H3;. The molecule has 0 N–H and O–H groups in total. The van der Waals surface area contributed by atoms with E-state index in [1.54, 1.807) is 0 Å². The second-order valence-corrected chi connectivity index (χ2v) is 18.5. The van der Waals surface area contributed by atoms with Crippen LogP contribution in [-0.2, 0) is 9.47 Å². The fourth-order valence-electron chi connectivity index (χ4n) is 1.41. The Morgan fingerprint density at radius 2 is 2.13 bits per heavy atom. The summed E-state index contributed by atoms with van der Waals surface area (Å²) in [4.78, 5) is 6.98. The Labute approximate surface area is 97.6 Å². The fraction of sp³-hybridized carbons (Fsp3) is 0.833. The topological polar surface area (TPSA) is 18.5 Å². The van der Waals surface area contributed by atoms with Crippen molar-refractivity contribution in [1.29, 1.82) is 0 Å². The van der Waals surface area contributed by atoms with Gasteiger partial charge >= 0.3 is 97.7 Å².